The number of halogens is 1. The molecule has 1 unspecified atom stereocenters. The monoisotopic (exact) mass is 560 g/mol. The van der Waals surface area contributed by atoms with E-state index in [-0.39, 0.29) is 34.8 Å². The van der Waals surface area contributed by atoms with E-state index in [0.717, 1.165) is 50.5 Å². The summed E-state index contributed by atoms with van der Waals surface area (Å²) < 4.78 is 26.9. The third-order valence-electron chi connectivity index (χ3n) is 8.51. The average molecular weight is 561 g/mol. The summed E-state index contributed by atoms with van der Waals surface area (Å²) in [5.41, 5.74) is 2.68. The molecule has 41 heavy (non-hydrogen) atoms. The van der Waals surface area contributed by atoms with Crippen LogP contribution in [0.1, 0.15) is 68.1 Å². The van der Waals surface area contributed by atoms with Crippen LogP contribution in [-0.2, 0) is 6.54 Å². The molecular formula is C31H37FN6O3. The number of aromatic nitrogens is 3. The molecule has 2 aliphatic heterocycles. The quantitative estimate of drug-likeness (QED) is 0.415. The zero-order valence-electron chi connectivity index (χ0n) is 24.1. The van der Waals surface area contributed by atoms with Crippen molar-refractivity contribution in [3.63, 3.8) is 0 Å². The molecule has 2 aromatic heterocycles. The zero-order valence-corrected chi connectivity index (χ0v) is 24.1. The van der Waals surface area contributed by atoms with Crippen LogP contribution >= 0.6 is 0 Å². The number of benzene rings is 1. The predicted octanol–water partition coefficient (Wildman–Crippen LogP) is 4.93. The molecule has 1 aromatic carbocycles. The van der Waals surface area contributed by atoms with E-state index in [1.165, 1.54) is 30.1 Å². The number of pyridine rings is 1. The van der Waals surface area contributed by atoms with Gasteiger partial charge in [0.05, 0.1) is 17.5 Å². The summed E-state index contributed by atoms with van der Waals surface area (Å²) in [4.78, 5) is 30.4. The van der Waals surface area contributed by atoms with Crippen molar-refractivity contribution in [1.29, 1.82) is 0 Å². The Bertz CT molecular complexity index is 1440. The van der Waals surface area contributed by atoms with Crippen LogP contribution in [0.5, 0.6) is 17.2 Å². The topological polar surface area (TPSA) is 92.7 Å². The Hall–Kier alpha value is -3.79. The van der Waals surface area contributed by atoms with Crippen LogP contribution < -0.4 is 19.7 Å². The molecule has 1 saturated carbocycles. The molecule has 9 nitrogen and oxygen atoms in total. The molecule has 10 heteroatoms. The largest absolute Gasteiger partial charge is 0.490 e. The summed E-state index contributed by atoms with van der Waals surface area (Å²) >= 11 is 0. The summed E-state index contributed by atoms with van der Waals surface area (Å²) in [6.45, 7) is 11.9. The van der Waals surface area contributed by atoms with E-state index < -0.39 is 5.82 Å². The van der Waals surface area contributed by atoms with Gasteiger partial charge in [0.1, 0.15) is 29.7 Å². The molecule has 1 aliphatic carbocycles. The number of hydrogen-bond donors (Lipinski definition) is 1. The van der Waals surface area contributed by atoms with Gasteiger partial charge in [0.15, 0.2) is 11.6 Å². The third kappa shape index (κ3) is 5.21. The maximum absolute atomic E-state index is 14.2. The number of hydrogen-bond acceptors (Lipinski definition) is 8. The number of rotatable bonds is 8. The molecule has 1 amide bonds. The van der Waals surface area contributed by atoms with E-state index in [9.17, 15) is 9.18 Å². The minimum Gasteiger partial charge on any atom is -0.490 e. The van der Waals surface area contributed by atoms with E-state index in [1.807, 2.05) is 33.0 Å². The highest BCUT2D eigenvalue weighted by molar-refractivity contribution is 5.97. The second-order valence-corrected chi connectivity index (χ2v) is 11.8. The van der Waals surface area contributed by atoms with E-state index in [4.69, 9.17) is 9.47 Å². The second kappa shape index (κ2) is 10.9. The molecule has 1 atom stereocenters. The Kier molecular flexibility index (Phi) is 7.27. The molecule has 3 aliphatic rings. The van der Waals surface area contributed by atoms with Gasteiger partial charge in [-0.25, -0.2) is 14.4 Å². The standard InChI is InChI=1S/C31H37FN6O3/c1-5-38(19(2)3)30(39)23-10-21(32)6-7-25(23)41-27-15-34-18-36-29(27)37-16-31(17-37)11-22(12-31)40-26-8-9-35-28-20(4)13-33-14-24(26)28/h6-10,15,18-20,22,33H,5,11-14,16-17H2,1-4H3. The van der Waals surface area contributed by atoms with Crippen molar-refractivity contribution in [1.82, 2.24) is 25.2 Å². The van der Waals surface area contributed by atoms with Gasteiger partial charge >= 0.3 is 0 Å². The number of ether oxygens (including phenoxy) is 2. The highest BCUT2D eigenvalue weighted by Gasteiger charge is 2.54. The lowest BCUT2D eigenvalue weighted by molar-refractivity contribution is -0.0350. The number of anilines is 1. The van der Waals surface area contributed by atoms with Crippen molar-refractivity contribution < 1.29 is 18.7 Å². The lowest BCUT2D eigenvalue weighted by Crippen LogP contribution is -2.65. The predicted molar refractivity (Wildman–Crippen MR) is 153 cm³/mol. The summed E-state index contributed by atoms with van der Waals surface area (Å²) in [5, 5.41) is 3.46. The molecule has 4 heterocycles. The number of nitrogens with zero attached hydrogens (tertiary/aromatic N) is 5. The number of carbonyl (C=O) groups is 1. The molecule has 0 radical (unpaired) electrons. The normalized spacial score (nSPS) is 19.4. The van der Waals surface area contributed by atoms with E-state index in [1.54, 1.807) is 11.1 Å². The smallest absolute Gasteiger partial charge is 0.257 e. The van der Waals surface area contributed by atoms with E-state index >= 15 is 0 Å². The highest BCUT2D eigenvalue weighted by atomic mass is 19.1. The fraction of sp³-hybridized carbons (Fsp3) is 0.484. The van der Waals surface area contributed by atoms with Crippen LogP contribution in [0.25, 0.3) is 0 Å². The summed E-state index contributed by atoms with van der Waals surface area (Å²) in [6.07, 6.45) is 7.08. The van der Waals surface area contributed by atoms with Crippen LogP contribution in [0.2, 0.25) is 0 Å². The number of fused-ring (bicyclic) bond motifs is 1. The van der Waals surface area contributed by atoms with E-state index in [0.29, 0.717) is 24.0 Å². The van der Waals surface area contributed by atoms with Crippen LogP contribution in [0.3, 0.4) is 0 Å². The lowest BCUT2D eigenvalue weighted by atomic mass is 9.61. The van der Waals surface area contributed by atoms with Gasteiger partial charge in [-0.1, -0.05) is 6.92 Å². The molecule has 1 spiro atoms. The first kappa shape index (κ1) is 27.4. The summed E-state index contributed by atoms with van der Waals surface area (Å²) in [6, 6.07) is 5.97. The Morgan fingerprint density at radius 1 is 1.20 bits per heavy atom. The van der Waals surface area contributed by atoms with Crippen LogP contribution in [0.15, 0.2) is 43.0 Å². The maximum atomic E-state index is 14.2. The van der Waals surface area contributed by atoms with Crippen molar-refractivity contribution >= 4 is 11.7 Å². The fourth-order valence-electron chi connectivity index (χ4n) is 6.45. The third-order valence-corrected chi connectivity index (χ3v) is 8.51. The Morgan fingerprint density at radius 3 is 2.76 bits per heavy atom. The minimum absolute atomic E-state index is 0.0315. The summed E-state index contributed by atoms with van der Waals surface area (Å²) in [7, 11) is 0. The number of nitrogens with one attached hydrogen (secondary N) is 1. The zero-order chi connectivity index (χ0) is 28.7. The van der Waals surface area contributed by atoms with Gasteiger partial charge in [0.25, 0.3) is 5.91 Å². The number of amides is 1. The van der Waals surface area contributed by atoms with Gasteiger partial charge in [-0.05, 0) is 57.9 Å². The van der Waals surface area contributed by atoms with Gasteiger partial charge in [-0.2, -0.15) is 0 Å². The van der Waals surface area contributed by atoms with Crippen molar-refractivity contribution in [3.8, 4) is 17.2 Å². The van der Waals surface area contributed by atoms with Gasteiger partial charge in [-0.15, -0.1) is 0 Å². The summed E-state index contributed by atoms with van der Waals surface area (Å²) in [5.74, 6) is 1.94. The van der Waals surface area contributed by atoms with Crippen molar-refractivity contribution in [3.05, 3.63) is 65.6 Å². The van der Waals surface area contributed by atoms with Crippen LogP contribution in [0, 0.1) is 11.2 Å². The number of carbonyl (C=O) groups excluding carboxylic acids is 1. The second-order valence-electron chi connectivity index (χ2n) is 11.8. The van der Waals surface area contributed by atoms with Gasteiger partial charge in [0.2, 0.25) is 0 Å². The first-order chi connectivity index (χ1) is 19.8. The first-order valence-corrected chi connectivity index (χ1v) is 14.5. The van der Waals surface area contributed by atoms with Crippen molar-refractivity contribution in [2.45, 2.75) is 65.1 Å². The first-order valence-electron chi connectivity index (χ1n) is 14.5. The fourth-order valence-corrected chi connectivity index (χ4v) is 6.45. The molecule has 216 valence electrons. The SMILES string of the molecule is CCN(C(=O)c1cc(F)ccc1Oc1cncnc1N1CC2(CC(Oc3ccnc4c3CNCC4C)C2)C1)C(C)C. The van der Waals surface area contributed by atoms with Gasteiger partial charge in [-0.3, -0.25) is 9.78 Å². The molecule has 0 bridgehead atoms. The van der Waals surface area contributed by atoms with Crippen LogP contribution in [-0.4, -0.2) is 64.1 Å². The van der Waals surface area contributed by atoms with Gasteiger partial charge in [0, 0.05) is 61.9 Å². The molecule has 1 N–H and O–H groups in total. The van der Waals surface area contributed by atoms with Gasteiger partial charge < -0.3 is 24.6 Å². The Morgan fingerprint density at radius 2 is 2.00 bits per heavy atom. The van der Waals surface area contributed by atoms with Crippen molar-refractivity contribution in [2.75, 3.05) is 31.1 Å². The molecule has 6 rings (SSSR count). The maximum Gasteiger partial charge on any atom is 0.257 e. The lowest BCUT2D eigenvalue weighted by Gasteiger charge is -2.59. The average Bonchev–Trinajstić information content (AvgIpc) is 2.91. The minimum atomic E-state index is -0.491. The van der Waals surface area contributed by atoms with Crippen molar-refractivity contribution in [2.24, 2.45) is 5.41 Å². The Balaban J connectivity index is 1.13. The molecule has 2 fully saturated rings. The molecule has 1 saturated heterocycles. The molecule has 3 aromatic rings. The van der Waals surface area contributed by atoms with Crippen LogP contribution in [0.4, 0.5) is 10.2 Å². The molecular weight excluding hydrogens is 523 g/mol. The highest BCUT2D eigenvalue weighted by Crippen LogP contribution is 2.52. The van der Waals surface area contributed by atoms with E-state index in [2.05, 4.69) is 32.1 Å². The Labute approximate surface area is 240 Å².